The maximum Gasteiger partial charge on any atom is 0.226 e. The van der Waals surface area contributed by atoms with Gasteiger partial charge in [-0.15, -0.1) is 11.3 Å². The van der Waals surface area contributed by atoms with Crippen LogP contribution in [-0.4, -0.2) is 36.1 Å². The molecule has 0 amide bonds. The number of nitrogens with two attached hydrogens (primary N) is 1. The van der Waals surface area contributed by atoms with E-state index in [1.807, 2.05) is 12.3 Å². The van der Waals surface area contributed by atoms with Gasteiger partial charge in [0.2, 0.25) is 5.95 Å². The molecule has 0 spiro atoms. The molecule has 0 aliphatic rings. The zero-order chi connectivity index (χ0) is 13.8. The van der Waals surface area contributed by atoms with E-state index in [9.17, 15) is 0 Å². The van der Waals surface area contributed by atoms with Crippen molar-refractivity contribution in [2.45, 2.75) is 20.8 Å². The average molecular weight is 279 g/mol. The minimum atomic E-state index is 0.778. The van der Waals surface area contributed by atoms with Gasteiger partial charge in [-0.3, -0.25) is 0 Å². The maximum atomic E-state index is 5.94. The van der Waals surface area contributed by atoms with Crippen molar-refractivity contribution in [3.63, 3.8) is 0 Å². The van der Waals surface area contributed by atoms with Crippen molar-refractivity contribution in [1.29, 1.82) is 0 Å². The summed E-state index contributed by atoms with van der Waals surface area (Å²) in [5.74, 6) is 0.798. The lowest BCUT2D eigenvalue weighted by Gasteiger charge is -2.21. The van der Waals surface area contributed by atoms with Crippen LogP contribution in [0.3, 0.4) is 0 Å². The molecule has 6 heteroatoms. The Morgan fingerprint density at radius 1 is 1.37 bits per heavy atom. The number of aryl methyl sites for hydroxylation is 1. The molecule has 0 fully saturated rings. The minimum absolute atomic E-state index is 0.778. The molecular formula is C13H21N5S. The van der Waals surface area contributed by atoms with E-state index in [0.717, 1.165) is 53.7 Å². The van der Waals surface area contributed by atoms with Gasteiger partial charge in [0.05, 0.1) is 16.8 Å². The second-order valence-electron chi connectivity index (χ2n) is 4.41. The van der Waals surface area contributed by atoms with E-state index in [-0.39, 0.29) is 0 Å². The molecule has 0 bridgehead atoms. The van der Waals surface area contributed by atoms with Gasteiger partial charge in [-0.05, 0) is 20.4 Å². The molecule has 0 saturated heterocycles. The molecule has 2 aromatic heterocycles. The number of aromatic nitrogens is 2. The standard InChI is InChI=1S/C13H21N5S/c1-4-15-6-7-18(5-2)13-16-9(3)11-10(14)8-19-12(11)17-13/h8,15H,4-7,14H2,1-3H3. The summed E-state index contributed by atoms with van der Waals surface area (Å²) in [4.78, 5) is 12.4. The Kier molecular flexibility index (Phi) is 4.55. The van der Waals surface area contributed by atoms with Crippen molar-refractivity contribution in [2.24, 2.45) is 0 Å². The highest BCUT2D eigenvalue weighted by Crippen LogP contribution is 2.29. The maximum absolute atomic E-state index is 5.94. The molecule has 2 heterocycles. The summed E-state index contributed by atoms with van der Waals surface area (Å²) in [6.07, 6.45) is 0. The molecule has 3 N–H and O–H groups in total. The van der Waals surface area contributed by atoms with E-state index in [2.05, 4.69) is 34.0 Å². The third kappa shape index (κ3) is 2.96. The number of hydrogen-bond acceptors (Lipinski definition) is 6. The van der Waals surface area contributed by atoms with Crippen LogP contribution in [0.2, 0.25) is 0 Å². The van der Waals surface area contributed by atoms with Crippen molar-refractivity contribution >= 4 is 33.2 Å². The van der Waals surface area contributed by atoms with Crippen LogP contribution < -0.4 is 16.0 Å². The quantitative estimate of drug-likeness (QED) is 0.792. The Labute approximate surface area is 117 Å². The number of anilines is 2. The molecule has 0 atom stereocenters. The number of fused-ring (bicyclic) bond motifs is 1. The predicted octanol–water partition coefficient (Wildman–Crippen LogP) is 2.02. The van der Waals surface area contributed by atoms with Crippen LogP contribution in [0.15, 0.2) is 5.38 Å². The lowest BCUT2D eigenvalue weighted by molar-refractivity contribution is 0.678. The zero-order valence-electron chi connectivity index (χ0n) is 11.7. The van der Waals surface area contributed by atoms with Gasteiger partial charge >= 0.3 is 0 Å². The van der Waals surface area contributed by atoms with Gasteiger partial charge in [-0.1, -0.05) is 6.92 Å². The Morgan fingerprint density at radius 2 is 2.16 bits per heavy atom. The van der Waals surface area contributed by atoms with Gasteiger partial charge in [-0.25, -0.2) is 9.97 Å². The first-order valence-electron chi connectivity index (χ1n) is 6.64. The number of nitrogens with zero attached hydrogens (tertiary/aromatic N) is 3. The molecule has 2 aromatic rings. The first-order valence-corrected chi connectivity index (χ1v) is 7.52. The molecule has 0 aliphatic carbocycles. The molecule has 0 radical (unpaired) electrons. The van der Waals surface area contributed by atoms with Gasteiger partial charge in [0.1, 0.15) is 4.83 Å². The van der Waals surface area contributed by atoms with Crippen molar-refractivity contribution in [3.05, 3.63) is 11.1 Å². The topological polar surface area (TPSA) is 67.1 Å². The normalized spacial score (nSPS) is 11.1. The lowest BCUT2D eigenvalue weighted by Crippen LogP contribution is -2.33. The number of nitrogens with one attached hydrogen (secondary N) is 1. The highest BCUT2D eigenvalue weighted by Gasteiger charge is 2.13. The van der Waals surface area contributed by atoms with Crippen molar-refractivity contribution < 1.29 is 0 Å². The van der Waals surface area contributed by atoms with E-state index in [1.54, 1.807) is 11.3 Å². The Bertz CT molecular complexity index is 551. The predicted molar refractivity (Wildman–Crippen MR) is 83.0 cm³/mol. The Hall–Kier alpha value is -1.40. The average Bonchev–Trinajstić information content (AvgIpc) is 2.77. The zero-order valence-corrected chi connectivity index (χ0v) is 12.5. The molecule has 104 valence electrons. The highest BCUT2D eigenvalue weighted by molar-refractivity contribution is 7.17. The summed E-state index contributed by atoms with van der Waals surface area (Å²) < 4.78 is 0. The lowest BCUT2D eigenvalue weighted by atomic mass is 10.3. The first-order chi connectivity index (χ1) is 9.17. The fourth-order valence-corrected chi connectivity index (χ4v) is 2.93. The van der Waals surface area contributed by atoms with Crippen molar-refractivity contribution in [2.75, 3.05) is 36.8 Å². The molecule has 0 saturated carbocycles. The van der Waals surface area contributed by atoms with Gasteiger partial charge in [0.25, 0.3) is 0 Å². The van der Waals surface area contributed by atoms with Gasteiger partial charge in [0, 0.05) is 25.0 Å². The van der Waals surface area contributed by atoms with E-state index in [4.69, 9.17) is 5.73 Å². The van der Waals surface area contributed by atoms with Crippen LogP contribution in [0, 0.1) is 6.92 Å². The molecule has 0 aromatic carbocycles. The fraction of sp³-hybridized carbons (Fsp3) is 0.538. The number of hydrogen-bond donors (Lipinski definition) is 2. The van der Waals surface area contributed by atoms with E-state index in [0.29, 0.717) is 0 Å². The fourth-order valence-electron chi connectivity index (χ4n) is 2.06. The van der Waals surface area contributed by atoms with Crippen LogP contribution >= 0.6 is 11.3 Å². The van der Waals surface area contributed by atoms with E-state index in [1.165, 1.54) is 0 Å². The van der Waals surface area contributed by atoms with E-state index < -0.39 is 0 Å². The van der Waals surface area contributed by atoms with Crippen LogP contribution in [0.5, 0.6) is 0 Å². The van der Waals surface area contributed by atoms with Crippen LogP contribution in [-0.2, 0) is 0 Å². The van der Waals surface area contributed by atoms with Crippen LogP contribution in [0.4, 0.5) is 11.6 Å². The summed E-state index contributed by atoms with van der Waals surface area (Å²) >= 11 is 1.58. The molecule has 5 nitrogen and oxygen atoms in total. The van der Waals surface area contributed by atoms with Crippen molar-refractivity contribution in [1.82, 2.24) is 15.3 Å². The number of rotatable bonds is 6. The summed E-state index contributed by atoms with van der Waals surface area (Å²) in [5, 5.41) is 6.26. The van der Waals surface area contributed by atoms with Crippen molar-refractivity contribution in [3.8, 4) is 0 Å². The van der Waals surface area contributed by atoms with Crippen LogP contribution in [0.25, 0.3) is 10.2 Å². The Balaban J connectivity index is 2.27. The molecule has 0 aliphatic heterocycles. The largest absolute Gasteiger partial charge is 0.397 e. The second kappa shape index (κ2) is 6.16. The summed E-state index contributed by atoms with van der Waals surface area (Å²) in [6, 6.07) is 0. The first kappa shape index (κ1) is 14.0. The third-order valence-corrected chi connectivity index (χ3v) is 3.99. The Morgan fingerprint density at radius 3 is 2.84 bits per heavy atom. The summed E-state index contributed by atoms with van der Waals surface area (Å²) in [5.41, 5.74) is 7.68. The second-order valence-corrected chi connectivity index (χ2v) is 5.27. The third-order valence-electron chi connectivity index (χ3n) is 3.10. The van der Waals surface area contributed by atoms with Gasteiger partial charge in [0.15, 0.2) is 0 Å². The monoisotopic (exact) mass is 279 g/mol. The van der Waals surface area contributed by atoms with Gasteiger partial charge in [-0.2, -0.15) is 0 Å². The van der Waals surface area contributed by atoms with Crippen LogP contribution in [0.1, 0.15) is 19.5 Å². The molecule has 0 unspecified atom stereocenters. The smallest absolute Gasteiger partial charge is 0.226 e. The number of thiophene rings is 1. The molecular weight excluding hydrogens is 258 g/mol. The summed E-state index contributed by atoms with van der Waals surface area (Å²) in [7, 11) is 0. The highest BCUT2D eigenvalue weighted by atomic mass is 32.1. The molecule has 2 rings (SSSR count). The summed E-state index contributed by atoms with van der Waals surface area (Å²) in [6.45, 7) is 9.96. The SMILES string of the molecule is CCNCCN(CC)c1nc(C)c2c(N)csc2n1. The minimum Gasteiger partial charge on any atom is -0.397 e. The number of nitrogen functional groups attached to an aromatic ring is 1. The van der Waals surface area contributed by atoms with Gasteiger partial charge < -0.3 is 16.0 Å². The molecule has 19 heavy (non-hydrogen) atoms. The van der Waals surface area contributed by atoms with E-state index >= 15 is 0 Å². The number of likely N-dealkylation sites (N-methyl/N-ethyl adjacent to an activating group) is 2.